The van der Waals surface area contributed by atoms with Gasteiger partial charge in [0.15, 0.2) is 0 Å². The topological polar surface area (TPSA) is 12.0 Å². The maximum Gasteiger partial charge on any atom is 0.141 e. The van der Waals surface area contributed by atoms with Crippen molar-refractivity contribution in [2.75, 3.05) is 18.5 Å². The SMILES string of the molecule is FCCCNc1ccc(F)c(Cl)c1. The molecule has 1 nitrogen and oxygen atoms in total. The van der Waals surface area contributed by atoms with Crippen molar-refractivity contribution >= 4 is 17.3 Å². The molecule has 0 heterocycles. The fourth-order valence-corrected chi connectivity index (χ4v) is 1.09. The van der Waals surface area contributed by atoms with Crippen molar-refractivity contribution in [3.63, 3.8) is 0 Å². The highest BCUT2D eigenvalue weighted by atomic mass is 35.5. The van der Waals surface area contributed by atoms with E-state index < -0.39 is 5.82 Å². The predicted octanol–water partition coefficient (Wildman–Crippen LogP) is 3.25. The molecule has 0 aromatic heterocycles. The second-order valence-electron chi connectivity index (χ2n) is 2.60. The van der Waals surface area contributed by atoms with Gasteiger partial charge in [-0.05, 0) is 24.6 Å². The summed E-state index contributed by atoms with van der Waals surface area (Å²) in [6.07, 6.45) is 0.439. The van der Waals surface area contributed by atoms with Crippen LogP contribution in [0, 0.1) is 5.82 Å². The number of halogens is 3. The quantitative estimate of drug-likeness (QED) is 0.744. The highest BCUT2D eigenvalue weighted by molar-refractivity contribution is 6.31. The molecule has 0 aliphatic carbocycles. The maximum atomic E-state index is 12.7. The third-order valence-electron chi connectivity index (χ3n) is 1.56. The van der Waals surface area contributed by atoms with Gasteiger partial charge in [-0.2, -0.15) is 0 Å². The summed E-state index contributed by atoms with van der Waals surface area (Å²) in [7, 11) is 0. The molecule has 0 fully saturated rings. The minimum absolute atomic E-state index is 0.0743. The van der Waals surface area contributed by atoms with E-state index in [9.17, 15) is 8.78 Å². The number of benzene rings is 1. The second kappa shape index (κ2) is 5.02. The summed E-state index contributed by atoms with van der Waals surface area (Å²) in [6.45, 7) is 0.167. The van der Waals surface area contributed by atoms with E-state index in [2.05, 4.69) is 5.32 Å². The molecule has 1 rings (SSSR count). The summed E-state index contributed by atoms with van der Waals surface area (Å²) in [6, 6.07) is 4.33. The van der Waals surface area contributed by atoms with Crippen LogP contribution >= 0.6 is 11.6 Å². The molecule has 1 aromatic rings. The number of nitrogens with one attached hydrogen (secondary N) is 1. The predicted molar refractivity (Wildman–Crippen MR) is 50.5 cm³/mol. The van der Waals surface area contributed by atoms with Gasteiger partial charge in [-0.3, -0.25) is 4.39 Å². The zero-order valence-corrected chi connectivity index (χ0v) is 7.74. The third kappa shape index (κ3) is 3.19. The Morgan fingerprint density at radius 1 is 1.38 bits per heavy atom. The maximum absolute atomic E-state index is 12.7. The lowest BCUT2D eigenvalue weighted by molar-refractivity contribution is 0.481. The normalized spacial score (nSPS) is 10.1. The highest BCUT2D eigenvalue weighted by Crippen LogP contribution is 2.19. The fraction of sp³-hybridized carbons (Fsp3) is 0.333. The lowest BCUT2D eigenvalue weighted by Crippen LogP contribution is -2.02. The lowest BCUT2D eigenvalue weighted by Gasteiger charge is -2.04. The minimum Gasteiger partial charge on any atom is -0.385 e. The molecule has 72 valence electrons. The van der Waals surface area contributed by atoms with Crippen LogP contribution in [0.15, 0.2) is 18.2 Å². The summed E-state index contributed by atoms with van der Waals surface area (Å²) < 4.78 is 24.4. The Morgan fingerprint density at radius 3 is 2.77 bits per heavy atom. The van der Waals surface area contributed by atoms with E-state index in [0.717, 1.165) is 0 Å². The standard InChI is InChI=1S/C9H10ClF2N/c10-8-6-7(2-3-9(8)12)13-5-1-4-11/h2-3,6,13H,1,4-5H2. The summed E-state index contributed by atoms with van der Waals surface area (Å²) in [5.41, 5.74) is 0.708. The molecule has 0 atom stereocenters. The van der Waals surface area contributed by atoms with Crippen LogP contribution in [-0.4, -0.2) is 13.2 Å². The zero-order chi connectivity index (χ0) is 9.68. The van der Waals surface area contributed by atoms with Gasteiger partial charge in [0, 0.05) is 12.2 Å². The molecule has 0 saturated heterocycles. The van der Waals surface area contributed by atoms with Crippen molar-refractivity contribution < 1.29 is 8.78 Å². The van der Waals surface area contributed by atoms with Gasteiger partial charge < -0.3 is 5.32 Å². The molecule has 13 heavy (non-hydrogen) atoms. The second-order valence-corrected chi connectivity index (χ2v) is 3.01. The number of hydrogen-bond donors (Lipinski definition) is 1. The molecular weight excluding hydrogens is 196 g/mol. The van der Waals surface area contributed by atoms with Crippen LogP contribution in [-0.2, 0) is 0 Å². The molecule has 0 saturated carbocycles. The average Bonchev–Trinajstić information content (AvgIpc) is 2.12. The van der Waals surface area contributed by atoms with Gasteiger partial charge in [0.2, 0.25) is 0 Å². The summed E-state index contributed by atoms with van der Waals surface area (Å²) in [5.74, 6) is -0.447. The smallest absolute Gasteiger partial charge is 0.141 e. The Hall–Kier alpha value is -0.830. The zero-order valence-electron chi connectivity index (χ0n) is 6.99. The van der Waals surface area contributed by atoms with Gasteiger partial charge in [0.05, 0.1) is 11.7 Å². The first-order valence-corrected chi connectivity index (χ1v) is 4.36. The van der Waals surface area contributed by atoms with Crippen LogP contribution in [0.25, 0.3) is 0 Å². The van der Waals surface area contributed by atoms with Gasteiger partial charge in [-0.25, -0.2) is 4.39 Å². The van der Waals surface area contributed by atoms with Gasteiger partial charge >= 0.3 is 0 Å². The van der Waals surface area contributed by atoms with E-state index in [4.69, 9.17) is 11.6 Å². The first-order valence-electron chi connectivity index (χ1n) is 3.99. The van der Waals surface area contributed by atoms with Crippen LogP contribution < -0.4 is 5.32 Å². The van der Waals surface area contributed by atoms with Crippen LogP contribution in [0.4, 0.5) is 14.5 Å². The minimum atomic E-state index is -0.447. The largest absolute Gasteiger partial charge is 0.385 e. The van der Waals surface area contributed by atoms with E-state index in [1.54, 1.807) is 6.07 Å². The first-order chi connectivity index (χ1) is 6.24. The van der Waals surface area contributed by atoms with Crippen molar-refractivity contribution in [2.24, 2.45) is 0 Å². The molecular formula is C9H10ClF2N. The van der Waals surface area contributed by atoms with Gasteiger partial charge in [0.25, 0.3) is 0 Å². The van der Waals surface area contributed by atoms with Crippen molar-refractivity contribution in [3.8, 4) is 0 Å². The molecule has 0 aliphatic heterocycles. The average molecular weight is 206 g/mol. The Balaban J connectivity index is 2.53. The van der Waals surface area contributed by atoms with Crippen LogP contribution in [0.1, 0.15) is 6.42 Å². The molecule has 4 heteroatoms. The number of rotatable bonds is 4. The molecule has 0 unspecified atom stereocenters. The lowest BCUT2D eigenvalue weighted by atomic mass is 10.3. The molecule has 0 aliphatic rings. The molecule has 0 bridgehead atoms. The van der Waals surface area contributed by atoms with Crippen LogP contribution in [0.2, 0.25) is 5.02 Å². The summed E-state index contributed by atoms with van der Waals surface area (Å²) in [5, 5.41) is 3.00. The Bertz CT molecular complexity index is 278. The van der Waals surface area contributed by atoms with E-state index in [-0.39, 0.29) is 11.7 Å². The van der Waals surface area contributed by atoms with E-state index in [1.807, 2.05) is 0 Å². The van der Waals surface area contributed by atoms with E-state index in [0.29, 0.717) is 18.7 Å². The Kier molecular flexibility index (Phi) is 3.96. The third-order valence-corrected chi connectivity index (χ3v) is 1.85. The van der Waals surface area contributed by atoms with Gasteiger partial charge in [-0.1, -0.05) is 11.6 Å². The highest BCUT2D eigenvalue weighted by Gasteiger charge is 1.99. The molecule has 1 aromatic carbocycles. The van der Waals surface area contributed by atoms with Crippen LogP contribution in [0.5, 0.6) is 0 Å². The number of alkyl halides is 1. The molecule has 0 spiro atoms. The molecule has 0 radical (unpaired) electrons. The van der Waals surface area contributed by atoms with Gasteiger partial charge in [0.1, 0.15) is 5.82 Å². The molecule has 0 amide bonds. The Labute approximate surface area is 80.7 Å². The monoisotopic (exact) mass is 205 g/mol. The number of hydrogen-bond acceptors (Lipinski definition) is 1. The van der Waals surface area contributed by atoms with E-state index >= 15 is 0 Å². The summed E-state index contributed by atoms with van der Waals surface area (Å²) >= 11 is 5.54. The molecule has 1 N–H and O–H groups in total. The van der Waals surface area contributed by atoms with Crippen LogP contribution in [0.3, 0.4) is 0 Å². The van der Waals surface area contributed by atoms with Gasteiger partial charge in [-0.15, -0.1) is 0 Å². The Morgan fingerprint density at radius 2 is 2.15 bits per heavy atom. The van der Waals surface area contributed by atoms with Crippen molar-refractivity contribution in [1.82, 2.24) is 0 Å². The first kappa shape index (κ1) is 10.3. The van der Waals surface area contributed by atoms with Crippen molar-refractivity contribution in [3.05, 3.63) is 29.0 Å². The van der Waals surface area contributed by atoms with Crippen molar-refractivity contribution in [1.29, 1.82) is 0 Å². The number of anilines is 1. The fourth-order valence-electron chi connectivity index (χ4n) is 0.906. The van der Waals surface area contributed by atoms with E-state index in [1.165, 1.54) is 12.1 Å². The van der Waals surface area contributed by atoms with Crippen molar-refractivity contribution in [2.45, 2.75) is 6.42 Å². The summed E-state index contributed by atoms with van der Waals surface area (Å²) in [4.78, 5) is 0.